The van der Waals surface area contributed by atoms with E-state index in [1.165, 1.54) is 10.0 Å². The maximum atomic E-state index is 9.87. The van der Waals surface area contributed by atoms with E-state index in [0.717, 1.165) is 6.42 Å². The van der Waals surface area contributed by atoms with Crippen LogP contribution in [0.4, 0.5) is 25.2 Å². The third kappa shape index (κ3) is 12.1. The minimum atomic E-state index is -10.7. The summed E-state index contributed by atoms with van der Waals surface area (Å²) in [5.74, 6) is 0.649. The number of allylic oxidation sites excluding steroid dienone is 4. The molecule has 0 saturated carbocycles. The third-order valence-electron chi connectivity index (χ3n) is 1.52. The van der Waals surface area contributed by atoms with E-state index in [1.807, 2.05) is 0 Å². The Labute approximate surface area is 97.8 Å². The van der Waals surface area contributed by atoms with Crippen LogP contribution in [-0.4, -0.2) is 0 Å². The summed E-state index contributed by atoms with van der Waals surface area (Å²) in [5.41, 5.74) is 1.43. The summed E-state index contributed by atoms with van der Waals surface area (Å²) in [6.07, 6.45) is 5.43. The number of hydrogen-bond donors (Lipinski definition) is 0. The van der Waals surface area contributed by atoms with E-state index in [4.69, 9.17) is 0 Å². The van der Waals surface area contributed by atoms with Crippen LogP contribution >= 0.6 is 7.81 Å². The maximum absolute atomic E-state index is 10.7. The molecule has 99 valence electrons. The molecule has 0 saturated heterocycles. The van der Waals surface area contributed by atoms with Gasteiger partial charge in [-0.25, -0.2) is 0 Å². The van der Waals surface area contributed by atoms with Crippen LogP contribution in [-0.2, 0) is 16.0 Å². The van der Waals surface area contributed by atoms with Crippen LogP contribution in [0.3, 0.4) is 0 Å². The van der Waals surface area contributed by atoms with Gasteiger partial charge in [0.15, 0.2) is 0 Å². The van der Waals surface area contributed by atoms with Gasteiger partial charge in [-0.15, -0.1) is 0 Å². The van der Waals surface area contributed by atoms with Crippen LogP contribution < -0.4 is 0 Å². The Bertz CT molecular complexity index is 311. The summed E-state index contributed by atoms with van der Waals surface area (Å²) in [4.78, 5) is 0. The summed E-state index contributed by atoms with van der Waals surface area (Å²) in [6.45, 7) is 4.41. The topological polar surface area (TPSA) is 0 Å². The van der Waals surface area contributed by atoms with Crippen LogP contribution in [0, 0.1) is 5.92 Å². The third-order valence-corrected chi connectivity index (χ3v) is 2.06. The molecule has 0 fully saturated rings. The zero-order valence-electron chi connectivity index (χ0n) is 8.51. The van der Waals surface area contributed by atoms with Crippen molar-refractivity contribution in [1.29, 1.82) is 0 Å². The first kappa shape index (κ1) is 16.0. The van der Waals surface area contributed by atoms with E-state index < -0.39 is 7.81 Å². The van der Waals surface area contributed by atoms with Gasteiger partial charge >= 0.3 is 97.4 Å². The summed E-state index contributed by atoms with van der Waals surface area (Å²) in [5, 5.41) is 0. The Morgan fingerprint density at radius 2 is 1.50 bits per heavy atom. The minimum absolute atomic E-state index is 0.649. The second-order valence-corrected chi connectivity index (χ2v) is 6.15. The van der Waals surface area contributed by atoms with Gasteiger partial charge in [0.1, 0.15) is 0 Å². The van der Waals surface area contributed by atoms with Gasteiger partial charge < -0.3 is 0 Å². The molecule has 8 heteroatoms. The second kappa shape index (κ2) is 4.04. The van der Waals surface area contributed by atoms with Crippen molar-refractivity contribution < 1.29 is 41.2 Å². The number of halogens is 6. The van der Waals surface area contributed by atoms with Gasteiger partial charge in [0.05, 0.1) is 0 Å². The van der Waals surface area contributed by atoms with Crippen LogP contribution in [0.5, 0.6) is 0 Å². The second-order valence-electron chi connectivity index (χ2n) is 3.57. The van der Waals surface area contributed by atoms with Crippen LogP contribution in [0.25, 0.3) is 0 Å². The van der Waals surface area contributed by atoms with Crippen molar-refractivity contribution in [2.24, 2.45) is 5.92 Å². The zero-order chi connectivity index (χ0) is 13.3. The van der Waals surface area contributed by atoms with E-state index in [0.29, 0.717) is 5.92 Å². The molecule has 0 amide bonds. The first-order valence-electron chi connectivity index (χ1n) is 4.27. The predicted octanol–water partition coefficient (Wildman–Crippen LogP) is 5.79. The molecule has 1 aliphatic rings. The summed E-state index contributed by atoms with van der Waals surface area (Å²) in [6, 6.07) is 0. The summed E-state index contributed by atoms with van der Waals surface area (Å²) >= 11 is 3.96. The molecule has 0 heterocycles. The van der Waals surface area contributed by atoms with E-state index >= 15 is 0 Å². The molecule has 0 aromatic heterocycles. The molecule has 0 nitrogen and oxygen atoms in total. The fraction of sp³-hybridized carbons (Fsp3) is 0.500. The Morgan fingerprint density at radius 1 is 1.12 bits per heavy atom. The van der Waals surface area contributed by atoms with Crippen molar-refractivity contribution in [3.63, 3.8) is 0 Å². The van der Waals surface area contributed by atoms with Gasteiger partial charge in [0, 0.05) is 0 Å². The molecule has 0 aromatic rings. The van der Waals surface area contributed by atoms with Gasteiger partial charge in [0.25, 0.3) is 0 Å². The average Bonchev–Trinajstić information content (AvgIpc) is 2.26. The van der Waals surface area contributed by atoms with E-state index in [-0.39, 0.29) is 0 Å². The van der Waals surface area contributed by atoms with E-state index in [1.54, 1.807) is 0 Å². The standard InChI is InChI=1S/C8H11.F6P.Fe/c1-7(2)8-5-3-4-6-8;1-7(2,3,4,5)6;/h3,5,7H,4H2,1-2H3;;/q;-1;. The van der Waals surface area contributed by atoms with Crippen LogP contribution in [0.1, 0.15) is 20.3 Å². The molecule has 0 N–H and O–H groups in total. The van der Waals surface area contributed by atoms with Gasteiger partial charge in [-0.05, 0) is 0 Å². The first-order chi connectivity index (χ1) is 6.66. The predicted molar refractivity (Wildman–Crippen MR) is 49.2 cm³/mol. The molecular formula is C8H11F6FeP-. The fourth-order valence-electron chi connectivity index (χ4n) is 0.991. The molecule has 0 unspecified atom stereocenters. The monoisotopic (exact) mass is 308 g/mol. The molecule has 0 aliphatic heterocycles. The molecular weight excluding hydrogens is 297 g/mol. The van der Waals surface area contributed by atoms with Crippen molar-refractivity contribution >= 4 is 7.81 Å². The van der Waals surface area contributed by atoms with Crippen molar-refractivity contribution in [1.82, 2.24) is 0 Å². The first-order valence-corrected chi connectivity index (χ1v) is 6.85. The number of rotatable bonds is 1. The Kier molecular flexibility index (Phi) is 4.04. The fourth-order valence-corrected chi connectivity index (χ4v) is 1.53. The molecule has 16 heavy (non-hydrogen) atoms. The number of hydrogen-bond acceptors (Lipinski definition) is 0. The SMILES string of the molecule is CC(C)C1=[C]([Fe])CC=C1.F[P-](F)(F)(F)(F)F. The Hall–Kier alpha value is 0.00948. The Morgan fingerprint density at radius 3 is 1.62 bits per heavy atom. The van der Waals surface area contributed by atoms with Gasteiger partial charge in [0.2, 0.25) is 0 Å². The molecule has 0 spiro atoms. The summed E-state index contributed by atoms with van der Waals surface area (Å²) in [7, 11) is -10.7. The average molecular weight is 308 g/mol. The molecule has 1 rings (SSSR count). The van der Waals surface area contributed by atoms with Gasteiger partial charge in [-0.1, -0.05) is 0 Å². The normalized spacial score (nSPS) is 20.4. The molecule has 0 bridgehead atoms. The van der Waals surface area contributed by atoms with Crippen molar-refractivity contribution in [3.8, 4) is 0 Å². The molecule has 1 aliphatic carbocycles. The Balaban J connectivity index is 0.000000293. The molecule has 0 aromatic carbocycles. The van der Waals surface area contributed by atoms with Crippen molar-refractivity contribution in [2.75, 3.05) is 0 Å². The quantitative estimate of drug-likeness (QED) is 0.327. The molecule has 0 radical (unpaired) electrons. The van der Waals surface area contributed by atoms with Crippen molar-refractivity contribution in [2.45, 2.75) is 20.3 Å². The van der Waals surface area contributed by atoms with E-state index in [2.05, 4.69) is 42.0 Å². The van der Waals surface area contributed by atoms with Crippen molar-refractivity contribution in [3.05, 3.63) is 22.2 Å². The van der Waals surface area contributed by atoms with Gasteiger partial charge in [-0.2, -0.15) is 0 Å². The molecule has 0 atom stereocenters. The van der Waals surface area contributed by atoms with E-state index in [9.17, 15) is 25.2 Å². The summed E-state index contributed by atoms with van der Waals surface area (Å²) < 4.78 is 60.5. The zero-order valence-corrected chi connectivity index (χ0v) is 10.5. The van der Waals surface area contributed by atoms with Crippen LogP contribution in [0.2, 0.25) is 0 Å². The van der Waals surface area contributed by atoms with Gasteiger partial charge in [-0.3, -0.25) is 0 Å². The van der Waals surface area contributed by atoms with Crippen LogP contribution in [0.15, 0.2) is 22.2 Å².